The lowest BCUT2D eigenvalue weighted by Gasteiger charge is -2.29. The summed E-state index contributed by atoms with van der Waals surface area (Å²) in [4.78, 5) is 2.40. The predicted octanol–water partition coefficient (Wildman–Crippen LogP) is 0.912. The maximum atomic E-state index is 4.36. The van der Waals surface area contributed by atoms with Crippen LogP contribution in [0, 0.1) is 6.92 Å². The molecule has 1 aliphatic rings. The van der Waals surface area contributed by atoms with E-state index in [0.717, 1.165) is 12.2 Å². The van der Waals surface area contributed by atoms with E-state index in [4.69, 9.17) is 0 Å². The molecule has 1 N–H and O–H groups in total. The summed E-state index contributed by atoms with van der Waals surface area (Å²) in [5, 5.41) is 7.98. The maximum Gasteiger partial charge on any atom is 0.0597 e. The molecule has 0 atom stereocenters. The molecule has 0 radical (unpaired) electrons. The van der Waals surface area contributed by atoms with Crippen LogP contribution in [0.4, 0.5) is 0 Å². The third-order valence-electron chi connectivity index (χ3n) is 3.39. The molecule has 4 heteroatoms. The lowest BCUT2D eigenvalue weighted by atomic mass is 10.1. The molecule has 0 spiro atoms. The van der Waals surface area contributed by atoms with E-state index >= 15 is 0 Å². The molecule has 1 saturated heterocycles. The number of aryl methyl sites for hydroxylation is 2. The Bertz CT molecular complexity index is 337. The van der Waals surface area contributed by atoms with Gasteiger partial charge in [0.25, 0.3) is 0 Å². The summed E-state index contributed by atoms with van der Waals surface area (Å²) in [5.41, 5.74) is 2.37. The Morgan fingerprint density at radius 1 is 1.38 bits per heavy atom. The molecular weight excluding hydrogens is 200 g/mol. The molecule has 4 nitrogen and oxygen atoms in total. The minimum Gasteiger partial charge on any atom is -0.308 e. The van der Waals surface area contributed by atoms with Crippen LogP contribution in [0.1, 0.15) is 24.2 Å². The van der Waals surface area contributed by atoms with Gasteiger partial charge in [-0.2, -0.15) is 5.10 Å². The van der Waals surface area contributed by atoms with Gasteiger partial charge in [-0.3, -0.25) is 4.68 Å². The van der Waals surface area contributed by atoms with Crippen LogP contribution in [0.15, 0.2) is 6.07 Å². The molecule has 1 aromatic heterocycles. The molecule has 0 bridgehead atoms. The summed E-state index contributed by atoms with van der Waals surface area (Å²) in [6.45, 7) is 5.40. The Morgan fingerprint density at radius 3 is 2.62 bits per heavy atom. The fraction of sp³-hybridized carbons (Fsp3) is 0.750. The van der Waals surface area contributed by atoms with Crippen molar-refractivity contribution < 1.29 is 0 Å². The molecule has 1 aliphatic heterocycles. The molecule has 0 aliphatic carbocycles. The van der Waals surface area contributed by atoms with Gasteiger partial charge in [0, 0.05) is 19.6 Å². The van der Waals surface area contributed by atoms with Crippen molar-refractivity contribution in [1.29, 1.82) is 0 Å². The highest BCUT2D eigenvalue weighted by molar-refractivity contribution is 5.08. The van der Waals surface area contributed by atoms with Crippen molar-refractivity contribution in [1.82, 2.24) is 20.0 Å². The lowest BCUT2D eigenvalue weighted by Crippen LogP contribution is -2.40. The highest BCUT2D eigenvalue weighted by Gasteiger charge is 2.16. The van der Waals surface area contributed by atoms with Gasteiger partial charge in [-0.05, 0) is 46.0 Å². The molecule has 0 saturated carbocycles. The third kappa shape index (κ3) is 2.83. The molecule has 0 aromatic carbocycles. The smallest absolute Gasteiger partial charge is 0.0597 e. The van der Waals surface area contributed by atoms with Crippen LogP contribution < -0.4 is 5.32 Å². The van der Waals surface area contributed by atoms with E-state index < -0.39 is 0 Å². The highest BCUT2D eigenvalue weighted by atomic mass is 15.3. The Labute approximate surface area is 97.6 Å². The zero-order valence-corrected chi connectivity index (χ0v) is 10.5. The van der Waals surface area contributed by atoms with Gasteiger partial charge in [0.05, 0.1) is 11.4 Å². The molecule has 0 amide bonds. The van der Waals surface area contributed by atoms with Crippen molar-refractivity contribution in [2.24, 2.45) is 7.05 Å². The van der Waals surface area contributed by atoms with Gasteiger partial charge in [-0.15, -0.1) is 0 Å². The topological polar surface area (TPSA) is 33.1 Å². The number of hydrogen-bond acceptors (Lipinski definition) is 3. The van der Waals surface area contributed by atoms with Crippen LogP contribution in [0.5, 0.6) is 0 Å². The largest absolute Gasteiger partial charge is 0.308 e. The number of piperidine rings is 1. The highest BCUT2D eigenvalue weighted by Crippen LogP contribution is 2.09. The second-order valence-electron chi connectivity index (χ2n) is 4.86. The SMILES string of the molecule is Cc1cc(CNC2CCN(C)CC2)n(C)n1. The molecule has 16 heavy (non-hydrogen) atoms. The lowest BCUT2D eigenvalue weighted by molar-refractivity contribution is 0.233. The number of hydrogen-bond donors (Lipinski definition) is 1. The van der Waals surface area contributed by atoms with E-state index in [1.54, 1.807) is 0 Å². The van der Waals surface area contributed by atoms with E-state index in [0.29, 0.717) is 6.04 Å². The van der Waals surface area contributed by atoms with Crippen LogP contribution in [0.25, 0.3) is 0 Å². The Kier molecular flexibility index (Phi) is 3.61. The quantitative estimate of drug-likeness (QED) is 0.825. The number of nitrogens with one attached hydrogen (secondary N) is 1. The Balaban J connectivity index is 1.81. The summed E-state index contributed by atoms with van der Waals surface area (Å²) < 4.78 is 1.97. The van der Waals surface area contributed by atoms with Gasteiger partial charge in [0.1, 0.15) is 0 Å². The van der Waals surface area contributed by atoms with Gasteiger partial charge < -0.3 is 10.2 Å². The van der Waals surface area contributed by atoms with Crippen LogP contribution in [-0.2, 0) is 13.6 Å². The summed E-state index contributed by atoms with van der Waals surface area (Å²) in [5.74, 6) is 0. The molecule has 0 unspecified atom stereocenters. The summed E-state index contributed by atoms with van der Waals surface area (Å²) >= 11 is 0. The first-order valence-corrected chi connectivity index (χ1v) is 6.06. The van der Waals surface area contributed by atoms with Crippen molar-refractivity contribution in [2.75, 3.05) is 20.1 Å². The second-order valence-corrected chi connectivity index (χ2v) is 4.86. The van der Waals surface area contributed by atoms with Crippen LogP contribution in [0.3, 0.4) is 0 Å². The van der Waals surface area contributed by atoms with Gasteiger partial charge >= 0.3 is 0 Å². The molecule has 1 aromatic rings. The van der Waals surface area contributed by atoms with E-state index in [2.05, 4.69) is 28.4 Å². The van der Waals surface area contributed by atoms with E-state index in [-0.39, 0.29) is 0 Å². The van der Waals surface area contributed by atoms with E-state index in [9.17, 15) is 0 Å². The van der Waals surface area contributed by atoms with Crippen molar-refractivity contribution in [2.45, 2.75) is 32.4 Å². The molecule has 2 rings (SSSR count). The number of likely N-dealkylation sites (tertiary alicyclic amines) is 1. The fourth-order valence-corrected chi connectivity index (χ4v) is 2.29. The number of nitrogens with zero attached hydrogens (tertiary/aromatic N) is 3. The van der Waals surface area contributed by atoms with Gasteiger partial charge in [0.2, 0.25) is 0 Å². The van der Waals surface area contributed by atoms with Crippen molar-refractivity contribution >= 4 is 0 Å². The first-order chi connectivity index (χ1) is 7.65. The van der Waals surface area contributed by atoms with E-state index in [1.165, 1.54) is 31.6 Å². The first kappa shape index (κ1) is 11.6. The average Bonchev–Trinajstić information content (AvgIpc) is 2.57. The fourth-order valence-electron chi connectivity index (χ4n) is 2.29. The molecule has 90 valence electrons. The Morgan fingerprint density at radius 2 is 2.06 bits per heavy atom. The summed E-state index contributed by atoms with van der Waals surface area (Å²) in [6, 6.07) is 2.83. The normalized spacial score (nSPS) is 19.2. The Hall–Kier alpha value is -0.870. The van der Waals surface area contributed by atoms with Crippen molar-refractivity contribution in [3.05, 3.63) is 17.5 Å². The number of rotatable bonds is 3. The molecule has 1 fully saturated rings. The summed E-state index contributed by atoms with van der Waals surface area (Å²) in [7, 11) is 4.21. The van der Waals surface area contributed by atoms with Gasteiger partial charge in [-0.25, -0.2) is 0 Å². The first-order valence-electron chi connectivity index (χ1n) is 6.06. The monoisotopic (exact) mass is 222 g/mol. The van der Waals surface area contributed by atoms with Crippen molar-refractivity contribution in [3.8, 4) is 0 Å². The predicted molar refractivity (Wildman–Crippen MR) is 65.3 cm³/mol. The van der Waals surface area contributed by atoms with Crippen LogP contribution >= 0.6 is 0 Å². The van der Waals surface area contributed by atoms with Gasteiger partial charge in [-0.1, -0.05) is 0 Å². The third-order valence-corrected chi connectivity index (χ3v) is 3.39. The van der Waals surface area contributed by atoms with Crippen LogP contribution in [-0.4, -0.2) is 40.9 Å². The second kappa shape index (κ2) is 4.97. The maximum absolute atomic E-state index is 4.36. The van der Waals surface area contributed by atoms with Crippen molar-refractivity contribution in [3.63, 3.8) is 0 Å². The number of aromatic nitrogens is 2. The zero-order chi connectivity index (χ0) is 11.5. The van der Waals surface area contributed by atoms with Crippen LogP contribution in [0.2, 0.25) is 0 Å². The zero-order valence-electron chi connectivity index (χ0n) is 10.5. The summed E-state index contributed by atoms with van der Waals surface area (Å²) in [6.07, 6.45) is 2.51. The molecular formula is C12H22N4. The minimum atomic E-state index is 0.673. The standard InChI is InChI=1S/C12H22N4/c1-10-8-12(16(3)14-10)9-13-11-4-6-15(2)7-5-11/h8,11,13H,4-7,9H2,1-3H3. The van der Waals surface area contributed by atoms with E-state index in [1.807, 2.05) is 18.7 Å². The minimum absolute atomic E-state index is 0.673. The van der Waals surface area contributed by atoms with Gasteiger partial charge in [0.15, 0.2) is 0 Å². The average molecular weight is 222 g/mol. The molecule has 2 heterocycles.